The maximum Gasteiger partial charge on any atom is 0.155 e. The van der Waals surface area contributed by atoms with Crippen molar-refractivity contribution in [3.63, 3.8) is 0 Å². The Morgan fingerprint density at radius 2 is 1.36 bits per heavy atom. The summed E-state index contributed by atoms with van der Waals surface area (Å²) in [6.45, 7) is 0. The third kappa shape index (κ3) is 3.64. The fourth-order valence-corrected chi connectivity index (χ4v) is 5.03. The molecule has 0 aliphatic heterocycles. The molecule has 4 heteroatoms. The largest absolute Gasteiger partial charge is 0.229 e. The number of rotatable bonds is 4. The molecule has 0 saturated heterocycles. The average Bonchev–Trinajstić information content (AvgIpc) is 3.09. The van der Waals surface area contributed by atoms with E-state index in [1.54, 1.807) is 23.1 Å². The molecule has 0 aliphatic rings. The molecule has 122 valence electrons. The number of halogens is 1. The van der Waals surface area contributed by atoms with Gasteiger partial charge in [-0.1, -0.05) is 96.2 Å². The van der Waals surface area contributed by atoms with Crippen molar-refractivity contribution in [1.29, 1.82) is 0 Å². The standard InChI is InChI=1S/C21H14ClNS2/c22-19(15-9-3-1-4-10-15)20(16-11-5-2-6-12-16)25-21-23-17-13-7-8-14-18(17)24-21/h1-14H. The number of hydrogen-bond acceptors (Lipinski definition) is 3. The Bertz CT molecular complexity index is 990. The van der Waals surface area contributed by atoms with E-state index in [-0.39, 0.29) is 0 Å². The van der Waals surface area contributed by atoms with Crippen LogP contribution < -0.4 is 0 Å². The predicted molar refractivity (Wildman–Crippen MR) is 111 cm³/mol. The molecule has 0 saturated carbocycles. The Balaban J connectivity index is 1.80. The maximum atomic E-state index is 6.79. The summed E-state index contributed by atoms with van der Waals surface area (Å²) in [6.07, 6.45) is 0. The van der Waals surface area contributed by atoms with Crippen molar-refractivity contribution in [1.82, 2.24) is 4.98 Å². The Labute approximate surface area is 160 Å². The van der Waals surface area contributed by atoms with Crippen molar-refractivity contribution in [3.05, 3.63) is 96.1 Å². The molecule has 0 aliphatic carbocycles. The summed E-state index contributed by atoms with van der Waals surface area (Å²) in [7, 11) is 0. The van der Waals surface area contributed by atoms with Crippen molar-refractivity contribution < 1.29 is 0 Å². The van der Waals surface area contributed by atoms with Gasteiger partial charge in [0.05, 0.1) is 15.2 Å². The predicted octanol–water partition coefficient (Wildman–Crippen LogP) is 7.15. The van der Waals surface area contributed by atoms with Gasteiger partial charge in [0, 0.05) is 4.91 Å². The lowest BCUT2D eigenvalue weighted by Crippen LogP contribution is -1.85. The molecule has 0 spiro atoms. The van der Waals surface area contributed by atoms with Crippen molar-refractivity contribution in [3.8, 4) is 0 Å². The number of hydrogen-bond donors (Lipinski definition) is 0. The van der Waals surface area contributed by atoms with Crippen LogP contribution in [-0.2, 0) is 0 Å². The van der Waals surface area contributed by atoms with E-state index in [1.807, 2.05) is 66.7 Å². The molecule has 0 atom stereocenters. The van der Waals surface area contributed by atoms with Crippen LogP contribution in [-0.4, -0.2) is 4.98 Å². The highest BCUT2D eigenvalue weighted by Gasteiger charge is 2.14. The van der Waals surface area contributed by atoms with E-state index in [0.29, 0.717) is 0 Å². The Morgan fingerprint density at radius 1 is 0.760 bits per heavy atom. The van der Waals surface area contributed by atoms with E-state index in [4.69, 9.17) is 16.6 Å². The molecule has 0 fully saturated rings. The monoisotopic (exact) mass is 379 g/mol. The van der Waals surface area contributed by atoms with E-state index in [2.05, 4.69) is 18.2 Å². The van der Waals surface area contributed by atoms with Crippen LogP contribution in [0.15, 0.2) is 89.3 Å². The summed E-state index contributed by atoms with van der Waals surface area (Å²) in [6, 6.07) is 28.5. The van der Waals surface area contributed by atoms with Crippen molar-refractivity contribution in [2.24, 2.45) is 0 Å². The second-order valence-electron chi connectivity index (χ2n) is 5.42. The van der Waals surface area contributed by atoms with Crippen molar-refractivity contribution in [2.75, 3.05) is 0 Å². The highest BCUT2D eigenvalue weighted by molar-refractivity contribution is 8.10. The van der Waals surface area contributed by atoms with E-state index in [9.17, 15) is 0 Å². The fraction of sp³-hybridized carbons (Fsp3) is 0. The zero-order chi connectivity index (χ0) is 17.1. The van der Waals surface area contributed by atoms with Gasteiger partial charge in [-0.25, -0.2) is 4.98 Å². The third-order valence-corrected chi connectivity index (χ3v) is 6.49. The smallest absolute Gasteiger partial charge is 0.155 e. The number of thiazole rings is 1. The van der Waals surface area contributed by atoms with Gasteiger partial charge < -0.3 is 0 Å². The second kappa shape index (κ2) is 7.44. The molecule has 0 N–H and O–H groups in total. The summed E-state index contributed by atoms with van der Waals surface area (Å²) in [5.41, 5.74) is 3.13. The van der Waals surface area contributed by atoms with E-state index in [1.165, 1.54) is 4.70 Å². The number of fused-ring (bicyclic) bond motifs is 1. The molecule has 0 bridgehead atoms. The lowest BCUT2D eigenvalue weighted by molar-refractivity contribution is 1.31. The summed E-state index contributed by atoms with van der Waals surface area (Å²) < 4.78 is 2.18. The normalized spacial score (nSPS) is 12.2. The Kier molecular flexibility index (Phi) is 4.88. The van der Waals surface area contributed by atoms with Gasteiger partial charge in [0.25, 0.3) is 0 Å². The molecule has 0 unspecified atom stereocenters. The van der Waals surface area contributed by atoms with Crippen LogP contribution in [0.3, 0.4) is 0 Å². The summed E-state index contributed by atoms with van der Waals surface area (Å²) in [5, 5.41) is 0.746. The highest BCUT2D eigenvalue weighted by atomic mass is 35.5. The SMILES string of the molecule is ClC(=C(Sc1nc2ccccc2s1)c1ccccc1)c1ccccc1. The quantitative estimate of drug-likeness (QED) is 0.275. The lowest BCUT2D eigenvalue weighted by atomic mass is 10.1. The van der Waals surface area contributed by atoms with Gasteiger partial charge in [0.2, 0.25) is 0 Å². The van der Waals surface area contributed by atoms with Gasteiger partial charge >= 0.3 is 0 Å². The third-order valence-electron chi connectivity index (χ3n) is 3.73. The number of benzene rings is 3. The first-order chi connectivity index (χ1) is 12.3. The van der Waals surface area contributed by atoms with Crippen molar-refractivity contribution >= 4 is 54.9 Å². The lowest BCUT2D eigenvalue weighted by Gasteiger charge is -2.10. The molecule has 4 rings (SSSR count). The molecule has 1 heterocycles. The number of thioether (sulfide) groups is 1. The topological polar surface area (TPSA) is 12.9 Å². The van der Waals surface area contributed by atoms with Gasteiger partial charge in [-0.3, -0.25) is 0 Å². The number of aromatic nitrogens is 1. The van der Waals surface area contributed by atoms with Crippen LogP contribution in [0.25, 0.3) is 20.2 Å². The zero-order valence-corrected chi connectivity index (χ0v) is 15.6. The highest BCUT2D eigenvalue weighted by Crippen LogP contribution is 2.43. The van der Waals surface area contributed by atoms with Gasteiger partial charge in [0.1, 0.15) is 0 Å². The van der Waals surface area contributed by atoms with Gasteiger partial charge in [-0.05, 0) is 23.3 Å². The summed E-state index contributed by atoms with van der Waals surface area (Å²) in [4.78, 5) is 5.76. The van der Waals surface area contributed by atoms with Crippen molar-refractivity contribution in [2.45, 2.75) is 4.34 Å². The van der Waals surface area contributed by atoms with Crippen LogP contribution in [0.2, 0.25) is 0 Å². The van der Waals surface area contributed by atoms with E-state index < -0.39 is 0 Å². The maximum absolute atomic E-state index is 6.79. The molecular weight excluding hydrogens is 366 g/mol. The van der Waals surface area contributed by atoms with Crippen LogP contribution in [0.4, 0.5) is 0 Å². The molecular formula is C21H14ClNS2. The minimum atomic E-state index is 0.746. The molecule has 1 nitrogen and oxygen atoms in total. The molecule has 25 heavy (non-hydrogen) atoms. The molecule has 4 aromatic rings. The first-order valence-corrected chi connectivity index (χ1v) is 9.86. The number of nitrogens with zero attached hydrogens (tertiary/aromatic N) is 1. The molecule has 0 radical (unpaired) electrons. The Morgan fingerprint density at radius 3 is 2.04 bits per heavy atom. The number of para-hydroxylation sites is 1. The second-order valence-corrected chi connectivity index (χ2v) is 8.09. The van der Waals surface area contributed by atoms with Gasteiger partial charge in [-0.15, -0.1) is 11.3 Å². The zero-order valence-electron chi connectivity index (χ0n) is 13.2. The van der Waals surface area contributed by atoms with Crippen LogP contribution in [0.1, 0.15) is 11.1 Å². The van der Waals surface area contributed by atoms with Gasteiger partial charge in [-0.2, -0.15) is 0 Å². The van der Waals surface area contributed by atoms with Crippen LogP contribution in [0.5, 0.6) is 0 Å². The molecule has 3 aromatic carbocycles. The minimum Gasteiger partial charge on any atom is -0.229 e. The van der Waals surface area contributed by atoms with Crippen LogP contribution in [0, 0.1) is 0 Å². The summed E-state index contributed by atoms with van der Waals surface area (Å²) in [5.74, 6) is 0. The van der Waals surface area contributed by atoms with Crippen LogP contribution >= 0.6 is 34.7 Å². The molecule has 0 amide bonds. The molecule has 1 aromatic heterocycles. The van der Waals surface area contributed by atoms with E-state index >= 15 is 0 Å². The first kappa shape index (κ1) is 16.4. The Hall–Kier alpha value is -2.07. The average molecular weight is 380 g/mol. The van der Waals surface area contributed by atoms with Gasteiger partial charge in [0.15, 0.2) is 4.34 Å². The fourth-order valence-electron chi connectivity index (χ4n) is 2.52. The van der Waals surface area contributed by atoms with E-state index in [0.717, 1.165) is 30.9 Å². The minimum absolute atomic E-state index is 0.746. The first-order valence-electron chi connectivity index (χ1n) is 7.85. The summed E-state index contributed by atoms with van der Waals surface area (Å²) >= 11 is 10.1.